The summed E-state index contributed by atoms with van der Waals surface area (Å²) >= 11 is 0. The van der Waals surface area contributed by atoms with Crippen LogP contribution in [0.2, 0.25) is 0 Å². The predicted octanol–water partition coefficient (Wildman–Crippen LogP) is -0.576. The van der Waals surface area contributed by atoms with Crippen molar-refractivity contribution in [2.45, 2.75) is 36.5 Å². The molecule has 10 nitrogen and oxygen atoms in total. The van der Waals surface area contributed by atoms with Crippen molar-refractivity contribution >= 4 is 23.1 Å². The van der Waals surface area contributed by atoms with E-state index in [4.69, 9.17) is 5.73 Å². The first-order valence-electron chi connectivity index (χ1n) is 10.4. The van der Waals surface area contributed by atoms with Crippen LogP contribution in [0.1, 0.15) is 24.5 Å². The first-order chi connectivity index (χ1) is 15.3. The predicted molar refractivity (Wildman–Crippen MR) is 113 cm³/mol. The van der Waals surface area contributed by atoms with E-state index in [-0.39, 0.29) is 23.3 Å². The van der Waals surface area contributed by atoms with Crippen LogP contribution in [-0.2, 0) is 19.8 Å². The Balaban J connectivity index is 1.85. The van der Waals surface area contributed by atoms with Crippen molar-refractivity contribution in [1.82, 2.24) is 4.90 Å². The van der Waals surface area contributed by atoms with Gasteiger partial charge in [0.05, 0.1) is 29.2 Å². The lowest BCUT2D eigenvalue weighted by Crippen LogP contribution is -2.74. The van der Waals surface area contributed by atoms with Gasteiger partial charge in [-0.1, -0.05) is 19.1 Å². The van der Waals surface area contributed by atoms with Crippen molar-refractivity contribution in [3.05, 3.63) is 46.4 Å². The molecule has 0 radical (unpaired) electrons. The summed E-state index contributed by atoms with van der Waals surface area (Å²) < 4.78 is 0. The molecule has 4 aliphatic carbocycles. The van der Waals surface area contributed by atoms with E-state index in [1.807, 2.05) is 0 Å². The van der Waals surface area contributed by atoms with Crippen LogP contribution in [0.4, 0.5) is 0 Å². The topological polar surface area (TPSA) is 182 Å². The normalized spacial score (nSPS) is 40.8. The number of nitrogens with two attached hydrogens (primary N) is 1. The Morgan fingerprint density at radius 3 is 2.36 bits per heavy atom. The quantitative estimate of drug-likeness (QED) is 0.138. The largest absolute Gasteiger partial charge is 0.507 e. The molecule has 0 aromatic heterocycles. The van der Waals surface area contributed by atoms with E-state index < -0.39 is 69.1 Å². The minimum absolute atomic E-state index is 0.00772. The summed E-state index contributed by atoms with van der Waals surface area (Å²) in [4.78, 5) is 41.6. The first-order valence-corrected chi connectivity index (χ1v) is 10.4. The molecule has 0 aliphatic heterocycles. The van der Waals surface area contributed by atoms with Crippen molar-refractivity contribution in [1.29, 1.82) is 0 Å². The van der Waals surface area contributed by atoms with Crippen molar-refractivity contribution in [3.8, 4) is 5.75 Å². The smallest absolute Gasteiger partial charge is 0.211 e. The van der Waals surface area contributed by atoms with Crippen LogP contribution in [0.3, 0.4) is 0 Å². The van der Waals surface area contributed by atoms with E-state index in [0.29, 0.717) is 5.56 Å². The highest BCUT2D eigenvalue weighted by atomic mass is 16.3. The number of benzene rings is 1. The lowest BCUT2D eigenvalue weighted by atomic mass is 9.52. The van der Waals surface area contributed by atoms with Gasteiger partial charge in [0.2, 0.25) is 11.6 Å². The van der Waals surface area contributed by atoms with Gasteiger partial charge >= 0.3 is 0 Å². The average Bonchev–Trinajstić information content (AvgIpc) is 3.36. The number of ketones is 3. The zero-order chi connectivity index (χ0) is 24.4. The summed E-state index contributed by atoms with van der Waals surface area (Å²) in [6.07, 6.45) is -1.41. The second-order valence-electron chi connectivity index (χ2n) is 9.83. The number of phenolic OH excluding ortho intramolecular Hbond substituents is 1. The molecule has 0 unspecified atom stereocenters. The fraction of sp³-hybridized carbons (Fsp3) is 0.435. The highest BCUT2D eigenvalue weighted by Crippen LogP contribution is 2.77. The van der Waals surface area contributed by atoms with Gasteiger partial charge in [-0.25, -0.2) is 0 Å². The number of carbonyl (C=O) groups excluding carboxylic acids is 3. The van der Waals surface area contributed by atoms with E-state index in [0.717, 1.165) is 0 Å². The van der Waals surface area contributed by atoms with Crippen LogP contribution >= 0.6 is 0 Å². The maximum atomic E-state index is 13.9. The number of aliphatic hydroxyl groups is 4. The summed E-state index contributed by atoms with van der Waals surface area (Å²) in [5, 5.41) is 54.7. The number of aromatic hydroxyl groups is 1. The number of likely N-dealkylation sites (N-methyl/N-ethyl adjacent to an activating group) is 1. The molecule has 7 N–H and O–H groups in total. The summed E-state index contributed by atoms with van der Waals surface area (Å²) in [5.74, 6) is -7.20. The fourth-order valence-electron chi connectivity index (χ4n) is 6.63. The number of aliphatic hydroxyl groups excluding tert-OH is 3. The van der Waals surface area contributed by atoms with E-state index in [9.17, 15) is 39.9 Å². The van der Waals surface area contributed by atoms with Gasteiger partial charge in [0.1, 0.15) is 17.1 Å². The van der Waals surface area contributed by atoms with Gasteiger partial charge in [0.25, 0.3) is 0 Å². The molecule has 10 heteroatoms. The molecular weight excluding hydrogens is 432 g/mol. The Labute approximate surface area is 188 Å². The lowest BCUT2D eigenvalue weighted by molar-refractivity contribution is -0.180. The number of hydrogen-bond donors (Lipinski definition) is 6. The van der Waals surface area contributed by atoms with Crippen molar-refractivity contribution < 1.29 is 39.9 Å². The van der Waals surface area contributed by atoms with Crippen LogP contribution < -0.4 is 5.73 Å². The van der Waals surface area contributed by atoms with Crippen molar-refractivity contribution in [2.24, 2.45) is 17.1 Å². The molecule has 33 heavy (non-hydrogen) atoms. The van der Waals surface area contributed by atoms with E-state index in [1.165, 1.54) is 25.1 Å². The summed E-state index contributed by atoms with van der Waals surface area (Å²) in [6.45, 7) is 1.76. The maximum absolute atomic E-state index is 13.9. The third kappa shape index (κ3) is 2.07. The minimum Gasteiger partial charge on any atom is -0.507 e. The number of Topliss-reactive ketones (excluding diaryl/α,β-unsaturated/α-hetero) is 3. The third-order valence-corrected chi connectivity index (χ3v) is 8.19. The zero-order valence-corrected chi connectivity index (χ0v) is 18.2. The SMILES string of the molecule is CN(C)[C@@H]1C(=O)/C(=C(\N)O)C(=O)[C@@]2(O)C(=O)C3=C(O)c4c(O)cccc4[C@@]4(C)C[C@]34[C@H](O)[C@@H]12. The van der Waals surface area contributed by atoms with Crippen LogP contribution in [0.15, 0.2) is 35.2 Å². The highest BCUT2D eigenvalue weighted by Gasteiger charge is 2.83. The zero-order valence-electron chi connectivity index (χ0n) is 18.2. The molecule has 1 aromatic rings. The van der Waals surface area contributed by atoms with Gasteiger partial charge in [-0.3, -0.25) is 19.3 Å². The van der Waals surface area contributed by atoms with Crippen LogP contribution in [0, 0.1) is 11.3 Å². The highest BCUT2D eigenvalue weighted by molar-refractivity contribution is 6.36. The molecule has 0 saturated heterocycles. The second-order valence-corrected chi connectivity index (χ2v) is 9.83. The Morgan fingerprint density at radius 2 is 1.79 bits per heavy atom. The molecule has 5 rings (SSSR count). The molecule has 3 saturated carbocycles. The monoisotopic (exact) mass is 456 g/mol. The average molecular weight is 456 g/mol. The molecule has 1 aromatic carbocycles. The lowest BCUT2D eigenvalue weighted by Gasteiger charge is -2.53. The minimum atomic E-state index is -2.97. The number of phenols is 1. The van der Waals surface area contributed by atoms with Gasteiger partial charge in [-0.2, -0.15) is 0 Å². The Bertz CT molecular complexity index is 1240. The number of fused-ring (bicyclic) bond motifs is 3. The number of rotatable bonds is 1. The molecule has 3 fully saturated rings. The summed E-state index contributed by atoms with van der Waals surface area (Å²) in [7, 11) is 2.95. The second kappa shape index (κ2) is 6.02. The number of hydrogen-bond acceptors (Lipinski definition) is 10. The molecule has 0 bridgehead atoms. The molecule has 0 heterocycles. The van der Waals surface area contributed by atoms with E-state index in [1.54, 1.807) is 19.1 Å². The van der Waals surface area contributed by atoms with E-state index >= 15 is 0 Å². The fourth-order valence-corrected chi connectivity index (χ4v) is 6.63. The molecule has 1 spiro atoms. The van der Waals surface area contributed by atoms with Gasteiger partial charge in [-0.05, 0) is 32.1 Å². The van der Waals surface area contributed by atoms with Gasteiger partial charge < -0.3 is 31.3 Å². The molecule has 0 amide bonds. The third-order valence-electron chi connectivity index (χ3n) is 8.19. The molecule has 4 aliphatic rings. The summed E-state index contributed by atoms with van der Waals surface area (Å²) in [6, 6.07) is 3.22. The van der Waals surface area contributed by atoms with E-state index in [2.05, 4.69) is 0 Å². The molecule has 6 atom stereocenters. The summed E-state index contributed by atoms with van der Waals surface area (Å²) in [5.41, 5.74) is -0.694. The Morgan fingerprint density at radius 1 is 1.15 bits per heavy atom. The standard InChI is InChI=1S/C23H24N2O8/c1-21-7-22(21)13(15(27)10-8(21)5-4-6-9(10)26)19(31)23(33)12(18(22)30)14(25(2)3)16(28)11(17(23)29)20(24)32/h4-6,12,14,18,26-27,30,32-33H,7,24H2,1-3H3/b20-11-/t12-,14+,18-,21-,22-,23-/m1/s1. The Kier molecular flexibility index (Phi) is 3.94. The van der Waals surface area contributed by atoms with Crippen molar-refractivity contribution in [2.75, 3.05) is 14.1 Å². The molecular formula is C23H24N2O8. The molecule has 174 valence electrons. The maximum Gasteiger partial charge on any atom is 0.211 e. The Hall–Kier alpha value is -3.21. The van der Waals surface area contributed by atoms with Gasteiger partial charge in [0, 0.05) is 10.8 Å². The van der Waals surface area contributed by atoms with Crippen LogP contribution in [0.5, 0.6) is 5.75 Å². The van der Waals surface area contributed by atoms with Crippen LogP contribution in [-0.4, -0.2) is 79.6 Å². The number of nitrogens with zero attached hydrogens (tertiary/aromatic N) is 1. The number of carbonyl (C=O) groups is 3. The van der Waals surface area contributed by atoms with Gasteiger partial charge in [0.15, 0.2) is 17.3 Å². The van der Waals surface area contributed by atoms with Crippen LogP contribution in [0.25, 0.3) is 5.76 Å². The first kappa shape index (κ1) is 21.6. The van der Waals surface area contributed by atoms with Crippen molar-refractivity contribution in [3.63, 3.8) is 0 Å². The van der Waals surface area contributed by atoms with Gasteiger partial charge in [-0.15, -0.1) is 0 Å².